The van der Waals surface area contributed by atoms with Gasteiger partial charge in [0.15, 0.2) is 11.5 Å². The highest BCUT2D eigenvalue weighted by molar-refractivity contribution is 6.42. The molecule has 1 aromatic heterocycles. The zero-order chi connectivity index (χ0) is 11.8. The molecule has 0 N–H and O–H groups in total. The number of nitrogens with zero attached hydrogens (tertiary/aromatic N) is 1. The third kappa shape index (κ3) is 2.16. The van der Waals surface area contributed by atoms with Crippen LogP contribution in [0.4, 0.5) is 0 Å². The van der Waals surface area contributed by atoms with Crippen molar-refractivity contribution in [2.45, 2.75) is 38.0 Å². The van der Waals surface area contributed by atoms with E-state index in [-0.39, 0.29) is 0 Å². The summed E-state index contributed by atoms with van der Waals surface area (Å²) in [5.74, 6) is 1.31. The summed E-state index contributed by atoms with van der Waals surface area (Å²) in [4.78, 5) is 4.53. The monoisotopic (exact) mass is 269 g/mol. The van der Waals surface area contributed by atoms with Gasteiger partial charge in [-0.1, -0.05) is 42.5 Å². The second kappa shape index (κ2) is 4.51. The average Bonchev–Trinajstić information content (AvgIpc) is 2.74. The smallest absolute Gasteiger partial charge is 0.198 e. The lowest BCUT2D eigenvalue weighted by Crippen LogP contribution is -2.04. The molecule has 0 amide bonds. The Morgan fingerprint density at radius 1 is 1.06 bits per heavy atom. The molecular weight excluding hydrogens is 257 g/mol. The van der Waals surface area contributed by atoms with Gasteiger partial charge in [-0.3, -0.25) is 0 Å². The molecule has 1 aromatic carbocycles. The number of oxazole rings is 1. The van der Waals surface area contributed by atoms with Crippen LogP contribution in [0.2, 0.25) is 10.0 Å². The SMILES string of the molecule is Clc1cc2nc(C3CCCCC3)oc2cc1Cl. The van der Waals surface area contributed by atoms with Gasteiger partial charge in [-0.25, -0.2) is 4.98 Å². The van der Waals surface area contributed by atoms with Crippen molar-refractivity contribution in [2.75, 3.05) is 0 Å². The van der Waals surface area contributed by atoms with Gasteiger partial charge in [-0.05, 0) is 18.9 Å². The van der Waals surface area contributed by atoms with Crippen LogP contribution in [0.15, 0.2) is 16.5 Å². The number of aromatic nitrogens is 1. The Bertz CT molecular complexity index is 505. The lowest BCUT2D eigenvalue weighted by atomic mass is 9.89. The molecule has 1 aliphatic carbocycles. The van der Waals surface area contributed by atoms with E-state index in [9.17, 15) is 0 Å². The molecule has 0 unspecified atom stereocenters. The van der Waals surface area contributed by atoms with Crippen molar-refractivity contribution in [2.24, 2.45) is 0 Å². The number of benzene rings is 1. The molecule has 0 atom stereocenters. The van der Waals surface area contributed by atoms with Crippen LogP contribution in [0.1, 0.15) is 43.9 Å². The average molecular weight is 270 g/mol. The van der Waals surface area contributed by atoms with E-state index in [1.54, 1.807) is 12.1 Å². The molecule has 0 bridgehead atoms. The largest absolute Gasteiger partial charge is 0.440 e. The second-order valence-electron chi connectivity index (χ2n) is 4.62. The van der Waals surface area contributed by atoms with Crippen molar-refractivity contribution in [3.63, 3.8) is 0 Å². The first kappa shape index (κ1) is 11.4. The number of fused-ring (bicyclic) bond motifs is 1. The summed E-state index contributed by atoms with van der Waals surface area (Å²) < 4.78 is 5.79. The van der Waals surface area contributed by atoms with Gasteiger partial charge in [0, 0.05) is 12.0 Å². The Morgan fingerprint density at radius 3 is 2.53 bits per heavy atom. The first-order chi connectivity index (χ1) is 8.24. The van der Waals surface area contributed by atoms with E-state index in [2.05, 4.69) is 4.98 Å². The molecule has 17 heavy (non-hydrogen) atoms. The van der Waals surface area contributed by atoms with E-state index >= 15 is 0 Å². The van der Waals surface area contributed by atoms with Crippen molar-refractivity contribution in [3.8, 4) is 0 Å². The molecule has 3 rings (SSSR count). The quantitative estimate of drug-likeness (QED) is 0.713. The highest BCUT2D eigenvalue weighted by atomic mass is 35.5. The van der Waals surface area contributed by atoms with Gasteiger partial charge in [0.2, 0.25) is 0 Å². The molecule has 0 aliphatic heterocycles. The minimum Gasteiger partial charge on any atom is -0.440 e. The van der Waals surface area contributed by atoms with E-state index in [4.69, 9.17) is 27.6 Å². The molecular formula is C13H13Cl2NO. The van der Waals surface area contributed by atoms with Crippen molar-refractivity contribution < 1.29 is 4.42 Å². The molecule has 0 spiro atoms. The number of rotatable bonds is 1. The fraction of sp³-hybridized carbons (Fsp3) is 0.462. The standard InChI is InChI=1S/C13H13Cl2NO/c14-9-6-11-12(7-10(9)15)17-13(16-11)8-4-2-1-3-5-8/h6-8H,1-5H2. The van der Waals surface area contributed by atoms with Crippen LogP contribution in [0.5, 0.6) is 0 Å². The van der Waals surface area contributed by atoms with E-state index < -0.39 is 0 Å². The Morgan fingerprint density at radius 2 is 1.76 bits per heavy atom. The summed E-state index contributed by atoms with van der Waals surface area (Å²) in [7, 11) is 0. The summed E-state index contributed by atoms with van der Waals surface area (Å²) in [6, 6.07) is 3.52. The summed E-state index contributed by atoms with van der Waals surface area (Å²) in [6.45, 7) is 0. The molecule has 1 fully saturated rings. The molecule has 1 aliphatic rings. The van der Waals surface area contributed by atoms with Gasteiger partial charge < -0.3 is 4.42 Å². The topological polar surface area (TPSA) is 26.0 Å². The molecule has 2 nitrogen and oxygen atoms in total. The fourth-order valence-electron chi connectivity index (χ4n) is 2.47. The van der Waals surface area contributed by atoms with Crippen LogP contribution in [-0.4, -0.2) is 4.98 Å². The van der Waals surface area contributed by atoms with Gasteiger partial charge in [0.25, 0.3) is 0 Å². The van der Waals surface area contributed by atoms with E-state index in [1.807, 2.05) is 0 Å². The first-order valence-corrected chi connectivity index (χ1v) is 6.75. The molecule has 1 heterocycles. The molecule has 0 radical (unpaired) electrons. The third-order valence-electron chi connectivity index (χ3n) is 3.40. The summed E-state index contributed by atoms with van der Waals surface area (Å²) >= 11 is 11.9. The van der Waals surface area contributed by atoms with Crippen LogP contribution in [0.3, 0.4) is 0 Å². The molecule has 2 aromatic rings. The summed E-state index contributed by atoms with van der Waals surface area (Å²) in [5, 5.41) is 1.05. The van der Waals surface area contributed by atoms with Crippen LogP contribution >= 0.6 is 23.2 Å². The van der Waals surface area contributed by atoms with Crippen LogP contribution < -0.4 is 0 Å². The van der Waals surface area contributed by atoms with Crippen LogP contribution in [-0.2, 0) is 0 Å². The summed E-state index contributed by atoms with van der Waals surface area (Å²) in [5.41, 5.74) is 1.54. The Balaban J connectivity index is 2.00. The lowest BCUT2D eigenvalue weighted by molar-refractivity contribution is 0.373. The van der Waals surface area contributed by atoms with E-state index in [0.717, 1.165) is 17.0 Å². The molecule has 90 valence electrons. The van der Waals surface area contributed by atoms with Crippen LogP contribution in [0.25, 0.3) is 11.1 Å². The van der Waals surface area contributed by atoms with Crippen LogP contribution in [0, 0.1) is 0 Å². The summed E-state index contributed by atoms with van der Waals surface area (Å²) in [6.07, 6.45) is 6.22. The number of halogens is 2. The minimum absolute atomic E-state index is 0.466. The molecule has 1 saturated carbocycles. The first-order valence-electron chi connectivity index (χ1n) is 5.99. The lowest BCUT2D eigenvalue weighted by Gasteiger charge is -2.17. The zero-order valence-electron chi connectivity index (χ0n) is 9.38. The highest BCUT2D eigenvalue weighted by Crippen LogP contribution is 2.35. The number of hydrogen-bond donors (Lipinski definition) is 0. The van der Waals surface area contributed by atoms with Crippen molar-refractivity contribution in [1.29, 1.82) is 0 Å². The van der Waals surface area contributed by atoms with E-state index in [0.29, 0.717) is 16.0 Å². The minimum atomic E-state index is 0.466. The van der Waals surface area contributed by atoms with Gasteiger partial charge in [0.1, 0.15) is 5.52 Å². The maximum absolute atomic E-state index is 5.97. The fourth-order valence-corrected chi connectivity index (χ4v) is 2.78. The zero-order valence-corrected chi connectivity index (χ0v) is 10.9. The molecule has 0 saturated heterocycles. The van der Waals surface area contributed by atoms with E-state index in [1.165, 1.54) is 32.1 Å². The Hall–Kier alpha value is -0.730. The predicted molar refractivity (Wildman–Crippen MR) is 69.9 cm³/mol. The predicted octanol–water partition coefficient (Wildman–Crippen LogP) is 5.18. The van der Waals surface area contributed by atoms with Gasteiger partial charge in [0.05, 0.1) is 10.0 Å². The van der Waals surface area contributed by atoms with Crippen molar-refractivity contribution in [1.82, 2.24) is 4.98 Å². The highest BCUT2D eigenvalue weighted by Gasteiger charge is 2.21. The molecule has 4 heteroatoms. The van der Waals surface area contributed by atoms with Crippen molar-refractivity contribution in [3.05, 3.63) is 28.1 Å². The van der Waals surface area contributed by atoms with Gasteiger partial charge in [-0.2, -0.15) is 0 Å². The maximum atomic E-state index is 5.97. The second-order valence-corrected chi connectivity index (χ2v) is 5.44. The normalized spacial score (nSPS) is 17.8. The maximum Gasteiger partial charge on any atom is 0.198 e. The third-order valence-corrected chi connectivity index (χ3v) is 4.12. The Kier molecular flexibility index (Phi) is 3.01. The van der Waals surface area contributed by atoms with Gasteiger partial charge in [-0.15, -0.1) is 0 Å². The van der Waals surface area contributed by atoms with Crippen molar-refractivity contribution >= 4 is 34.3 Å². The van der Waals surface area contributed by atoms with Gasteiger partial charge >= 0.3 is 0 Å². The number of hydrogen-bond acceptors (Lipinski definition) is 2. The Labute approximate surface area is 110 Å².